The van der Waals surface area contributed by atoms with E-state index in [4.69, 9.17) is 0 Å². The fraction of sp³-hybridized carbons (Fsp3) is 0.0857. The monoisotopic (exact) mass is 890 g/mol. The summed E-state index contributed by atoms with van der Waals surface area (Å²) in [5, 5.41) is 10.1. The molecule has 0 heteroatoms. The second-order valence-corrected chi connectivity index (χ2v) is 20.7. The molecule has 0 fully saturated rings. The largest absolute Gasteiger partial charge is 0.0622 e. The Morgan fingerprint density at radius 1 is 0.200 bits per heavy atom. The SMILES string of the molecule is CC1(C)c2ccccc2-c2ccc(-c3c4ccccc4c(-c4ccc5c(c4)C(C)(C)c4ccccc4-5)c4cc(-c5c6ccccc6c(-c6ccc(-c7ccccc7)cc6)c6ccccc56)ccc34)cc21. The molecule has 0 radical (unpaired) electrons. The summed E-state index contributed by atoms with van der Waals surface area (Å²) in [6, 6.07) is 87.0. The predicted molar refractivity (Wildman–Crippen MR) is 299 cm³/mol. The van der Waals surface area contributed by atoms with Gasteiger partial charge in [0, 0.05) is 10.8 Å². The Morgan fingerprint density at radius 3 is 0.971 bits per heavy atom. The lowest BCUT2D eigenvalue weighted by Crippen LogP contribution is -2.15. The zero-order valence-corrected chi connectivity index (χ0v) is 39.9. The van der Waals surface area contributed by atoms with Crippen LogP contribution < -0.4 is 0 Å². The van der Waals surface area contributed by atoms with Crippen LogP contribution in [0.1, 0.15) is 49.9 Å². The minimum absolute atomic E-state index is 0.117. The Balaban J connectivity index is 1.05. The maximum absolute atomic E-state index is 2.53. The molecular formula is C70H50. The molecule has 0 unspecified atom stereocenters. The van der Waals surface area contributed by atoms with Gasteiger partial charge in [0.25, 0.3) is 0 Å². The molecule has 0 aromatic heterocycles. The Bertz CT molecular complexity index is 4090. The van der Waals surface area contributed by atoms with Gasteiger partial charge in [-0.2, -0.15) is 0 Å². The van der Waals surface area contributed by atoms with Gasteiger partial charge in [-0.05, 0) is 161 Å². The van der Waals surface area contributed by atoms with Crippen molar-refractivity contribution in [1.29, 1.82) is 0 Å². The van der Waals surface area contributed by atoms with Crippen molar-refractivity contribution in [2.45, 2.75) is 38.5 Å². The maximum atomic E-state index is 2.53. The van der Waals surface area contributed by atoms with Crippen LogP contribution in [0.2, 0.25) is 0 Å². The highest BCUT2D eigenvalue weighted by atomic mass is 14.4. The van der Waals surface area contributed by atoms with Crippen molar-refractivity contribution in [2.75, 3.05) is 0 Å². The van der Waals surface area contributed by atoms with Gasteiger partial charge in [0.2, 0.25) is 0 Å². The Morgan fingerprint density at radius 2 is 0.500 bits per heavy atom. The second kappa shape index (κ2) is 15.1. The average molecular weight is 891 g/mol. The van der Waals surface area contributed by atoms with Crippen molar-refractivity contribution >= 4 is 43.1 Å². The van der Waals surface area contributed by atoms with E-state index in [1.807, 2.05) is 0 Å². The van der Waals surface area contributed by atoms with Crippen LogP contribution >= 0.6 is 0 Å². The quantitative estimate of drug-likeness (QED) is 0.151. The van der Waals surface area contributed by atoms with Crippen LogP contribution in [0.3, 0.4) is 0 Å². The van der Waals surface area contributed by atoms with Crippen molar-refractivity contribution in [3.05, 3.63) is 253 Å². The smallest absolute Gasteiger partial charge is 0.0159 e. The van der Waals surface area contributed by atoms with Gasteiger partial charge in [-0.25, -0.2) is 0 Å². The number of fused-ring (bicyclic) bond motifs is 10. The molecule has 12 aromatic carbocycles. The Kier molecular flexibility index (Phi) is 8.78. The summed E-state index contributed by atoms with van der Waals surface area (Å²) in [5.74, 6) is 0. The molecule has 2 aliphatic rings. The molecule has 0 heterocycles. The van der Waals surface area contributed by atoms with E-state index in [0.717, 1.165) is 0 Å². The zero-order valence-electron chi connectivity index (χ0n) is 39.9. The van der Waals surface area contributed by atoms with Crippen LogP contribution in [-0.2, 0) is 10.8 Å². The molecule has 2 aliphatic carbocycles. The maximum Gasteiger partial charge on any atom is 0.0159 e. The van der Waals surface area contributed by atoms with E-state index in [0.29, 0.717) is 0 Å². The average Bonchev–Trinajstić information content (AvgIpc) is 3.78. The Labute approximate surface area is 410 Å². The minimum Gasteiger partial charge on any atom is -0.0622 e. The van der Waals surface area contributed by atoms with E-state index in [1.54, 1.807) is 0 Å². The summed E-state index contributed by atoms with van der Waals surface area (Å²) in [5.41, 5.74) is 23.2. The molecule has 12 aromatic rings. The van der Waals surface area contributed by atoms with Crippen molar-refractivity contribution in [2.24, 2.45) is 0 Å². The normalized spacial score (nSPS) is 13.9. The molecule has 0 bridgehead atoms. The summed E-state index contributed by atoms with van der Waals surface area (Å²) < 4.78 is 0. The molecule has 0 amide bonds. The molecule has 0 saturated heterocycles. The highest BCUT2D eigenvalue weighted by Gasteiger charge is 2.37. The van der Waals surface area contributed by atoms with Gasteiger partial charge < -0.3 is 0 Å². The zero-order chi connectivity index (χ0) is 46.9. The minimum atomic E-state index is -0.130. The lowest BCUT2D eigenvalue weighted by atomic mass is 9.79. The molecule has 0 nitrogen and oxygen atoms in total. The first-order valence-electron chi connectivity index (χ1n) is 24.8. The van der Waals surface area contributed by atoms with Crippen LogP contribution in [0.4, 0.5) is 0 Å². The van der Waals surface area contributed by atoms with Crippen LogP contribution in [-0.4, -0.2) is 0 Å². The van der Waals surface area contributed by atoms with Gasteiger partial charge in [-0.1, -0.05) is 240 Å². The van der Waals surface area contributed by atoms with Gasteiger partial charge in [-0.3, -0.25) is 0 Å². The molecule has 0 atom stereocenters. The van der Waals surface area contributed by atoms with E-state index in [9.17, 15) is 0 Å². The van der Waals surface area contributed by atoms with E-state index in [1.165, 1.54) is 143 Å². The molecule has 70 heavy (non-hydrogen) atoms. The van der Waals surface area contributed by atoms with Crippen LogP contribution in [0, 0.1) is 0 Å². The highest BCUT2D eigenvalue weighted by molar-refractivity contribution is 6.25. The van der Waals surface area contributed by atoms with Crippen LogP contribution in [0.5, 0.6) is 0 Å². The van der Waals surface area contributed by atoms with Crippen molar-refractivity contribution in [3.8, 4) is 77.9 Å². The Hall–Kier alpha value is -8.32. The molecule has 0 spiro atoms. The third-order valence-electron chi connectivity index (χ3n) is 16.3. The van der Waals surface area contributed by atoms with Crippen LogP contribution in [0.15, 0.2) is 231 Å². The molecule has 0 aliphatic heterocycles. The first-order valence-corrected chi connectivity index (χ1v) is 24.8. The lowest BCUT2D eigenvalue weighted by molar-refractivity contribution is 0.660. The van der Waals surface area contributed by atoms with E-state index in [2.05, 4.69) is 258 Å². The van der Waals surface area contributed by atoms with Gasteiger partial charge >= 0.3 is 0 Å². The second-order valence-electron chi connectivity index (χ2n) is 20.7. The van der Waals surface area contributed by atoms with Gasteiger partial charge in [-0.15, -0.1) is 0 Å². The van der Waals surface area contributed by atoms with Gasteiger partial charge in [0.15, 0.2) is 0 Å². The third kappa shape index (κ3) is 5.83. The summed E-state index contributed by atoms with van der Waals surface area (Å²) in [6.45, 7) is 9.56. The molecule has 0 saturated carbocycles. The molecule has 14 rings (SSSR count). The number of benzene rings is 12. The lowest BCUT2D eigenvalue weighted by Gasteiger charge is -2.24. The summed E-state index contributed by atoms with van der Waals surface area (Å²) >= 11 is 0. The van der Waals surface area contributed by atoms with Crippen LogP contribution in [0.25, 0.3) is 121 Å². The number of hydrogen-bond acceptors (Lipinski definition) is 0. The summed E-state index contributed by atoms with van der Waals surface area (Å²) in [4.78, 5) is 0. The van der Waals surface area contributed by atoms with E-state index < -0.39 is 0 Å². The molecule has 0 N–H and O–H groups in total. The highest BCUT2D eigenvalue weighted by Crippen LogP contribution is 2.54. The predicted octanol–water partition coefficient (Wildman–Crippen LogP) is 19.2. The topological polar surface area (TPSA) is 0 Å². The number of rotatable bonds is 5. The number of hydrogen-bond donors (Lipinski definition) is 0. The third-order valence-corrected chi connectivity index (χ3v) is 16.3. The first-order chi connectivity index (χ1) is 34.3. The van der Waals surface area contributed by atoms with Crippen molar-refractivity contribution in [3.63, 3.8) is 0 Å². The van der Waals surface area contributed by atoms with Gasteiger partial charge in [0.05, 0.1) is 0 Å². The van der Waals surface area contributed by atoms with Gasteiger partial charge in [0.1, 0.15) is 0 Å². The standard InChI is InChI=1S/C70H50/c1-69(2)61-28-16-14-20-49(61)51-37-34-47(41-63(51)69)67-57-26-12-13-27-58(57)68(48-35-38-52-50-21-15-17-29-62(50)70(3,4)64(52)42-48)60-40-46(36-39-59(60)67)66-55-24-10-8-22-53(55)65(54-23-9-11-25-56(54)66)45-32-30-44(31-33-45)43-18-6-5-7-19-43/h5-42H,1-4H3. The first kappa shape index (κ1) is 40.7. The van der Waals surface area contributed by atoms with E-state index in [-0.39, 0.29) is 10.8 Å². The molecule has 330 valence electrons. The van der Waals surface area contributed by atoms with E-state index >= 15 is 0 Å². The fourth-order valence-electron chi connectivity index (χ4n) is 12.9. The summed E-state index contributed by atoms with van der Waals surface area (Å²) in [7, 11) is 0. The fourth-order valence-corrected chi connectivity index (χ4v) is 12.9. The summed E-state index contributed by atoms with van der Waals surface area (Å²) in [6.07, 6.45) is 0. The molecular weight excluding hydrogens is 841 g/mol. The van der Waals surface area contributed by atoms with Crippen molar-refractivity contribution in [1.82, 2.24) is 0 Å². The van der Waals surface area contributed by atoms with Crippen molar-refractivity contribution < 1.29 is 0 Å².